The lowest BCUT2D eigenvalue weighted by atomic mass is 10.4. The highest BCUT2D eigenvalue weighted by molar-refractivity contribution is 7.99. The Morgan fingerprint density at radius 3 is 3.13 bits per heavy atom. The van der Waals surface area contributed by atoms with Gasteiger partial charge in [-0.2, -0.15) is 5.26 Å². The van der Waals surface area contributed by atoms with Gasteiger partial charge in [0.05, 0.1) is 6.07 Å². The number of thioether (sulfide) groups is 1. The van der Waals surface area contributed by atoms with Crippen molar-refractivity contribution in [1.82, 2.24) is 14.9 Å². The summed E-state index contributed by atoms with van der Waals surface area (Å²) in [6.45, 7) is 0. The molecule has 1 fully saturated rings. The van der Waals surface area contributed by atoms with Gasteiger partial charge in [-0.05, 0) is 12.8 Å². The standard InChI is InChI=1S/C10H14N4S/c1-14-5-4-12-10(14)15-7-9(6-11)13-8-2-3-8/h4-5,8-9,13H,2-3,7H2,1H3. The molecule has 15 heavy (non-hydrogen) atoms. The number of nitrogens with zero attached hydrogens (tertiary/aromatic N) is 3. The SMILES string of the molecule is Cn1ccnc1SCC(C#N)NC1CC1. The first kappa shape index (κ1) is 10.5. The summed E-state index contributed by atoms with van der Waals surface area (Å²) in [5.41, 5.74) is 0. The van der Waals surface area contributed by atoms with Crippen LogP contribution in [0.15, 0.2) is 17.6 Å². The maximum atomic E-state index is 8.95. The van der Waals surface area contributed by atoms with Gasteiger partial charge in [0.1, 0.15) is 6.04 Å². The van der Waals surface area contributed by atoms with E-state index in [0.717, 1.165) is 10.9 Å². The van der Waals surface area contributed by atoms with Crippen LogP contribution in [0.25, 0.3) is 0 Å². The summed E-state index contributed by atoms with van der Waals surface area (Å²) in [4.78, 5) is 4.21. The fraction of sp³-hybridized carbons (Fsp3) is 0.600. The van der Waals surface area contributed by atoms with E-state index in [4.69, 9.17) is 5.26 Å². The molecule has 0 aliphatic heterocycles. The maximum Gasteiger partial charge on any atom is 0.167 e. The molecule has 0 radical (unpaired) electrons. The Morgan fingerprint density at radius 1 is 1.80 bits per heavy atom. The number of imidazole rings is 1. The van der Waals surface area contributed by atoms with Crippen LogP contribution in [0.5, 0.6) is 0 Å². The molecule has 0 saturated heterocycles. The monoisotopic (exact) mass is 222 g/mol. The van der Waals surface area contributed by atoms with Crippen LogP contribution in [0, 0.1) is 11.3 Å². The number of nitrogens with one attached hydrogen (secondary N) is 1. The summed E-state index contributed by atoms with van der Waals surface area (Å²) in [6, 6.07) is 2.81. The van der Waals surface area contributed by atoms with Crippen LogP contribution in [-0.4, -0.2) is 27.4 Å². The predicted octanol–water partition coefficient (Wildman–Crippen LogP) is 1.16. The molecule has 1 aromatic rings. The van der Waals surface area contributed by atoms with Gasteiger partial charge >= 0.3 is 0 Å². The van der Waals surface area contributed by atoms with E-state index in [0.29, 0.717) is 6.04 Å². The van der Waals surface area contributed by atoms with E-state index in [2.05, 4.69) is 16.4 Å². The second-order valence-electron chi connectivity index (χ2n) is 3.75. The number of nitriles is 1. The first-order chi connectivity index (χ1) is 7.29. The lowest BCUT2D eigenvalue weighted by molar-refractivity contribution is 0.643. The minimum atomic E-state index is -0.0563. The van der Waals surface area contributed by atoms with Crippen molar-refractivity contribution in [3.8, 4) is 6.07 Å². The van der Waals surface area contributed by atoms with Crippen molar-refractivity contribution in [3.63, 3.8) is 0 Å². The predicted molar refractivity (Wildman–Crippen MR) is 59.5 cm³/mol. The molecule has 1 unspecified atom stereocenters. The fourth-order valence-corrected chi connectivity index (χ4v) is 2.19. The largest absolute Gasteiger partial charge is 0.329 e. The van der Waals surface area contributed by atoms with Crippen molar-refractivity contribution < 1.29 is 0 Å². The minimum Gasteiger partial charge on any atom is -0.329 e. The highest BCUT2D eigenvalue weighted by Crippen LogP contribution is 2.21. The molecule has 4 nitrogen and oxygen atoms in total. The average Bonchev–Trinajstić information content (AvgIpc) is 2.96. The Balaban J connectivity index is 1.80. The van der Waals surface area contributed by atoms with Crippen LogP contribution in [-0.2, 0) is 7.05 Å². The number of aryl methyl sites for hydroxylation is 1. The number of hydrogen-bond donors (Lipinski definition) is 1. The van der Waals surface area contributed by atoms with Crippen molar-refractivity contribution in [2.24, 2.45) is 7.05 Å². The molecule has 5 heteroatoms. The smallest absolute Gasteiger partial charge is 0.167 e. The quantitative estimate of drug-likeness (QED) is 0.759. The van der Waals surface area contributed by atoms with E-state index in [1.165, 1.54) is 12.8 Å². The zero-order chi connectivity index (χ0) is 10.7. The molecular weight excluding hydrogens is 208 g/mol. The molecule has 80 valence electrons. The van der Waals surface area contributed by atoms with Gasteiger partial charge in [-0.3, -0.25) is 5.32 Å². The minimum absolute atomic E-state index is 0.0563. The Labute approximate surface area is 93.7 Å². The molecule has 1 aromatic heterocycles. The van der Waals surface area contributed by atoms with Crippen LogP contribution in [0.2, 0.25) is 0 Å². The van der Waals surface area contributed by atoms with Crippen molar-refractivity contribution in [1.29, 1.82) is 5.26 Å². The summed E-state index contributed by atoms with van der Waals surface area (Å²) >= 11 is 1.62. The zero-order valence-electron chi connectivity index (χ0n) is 8.68. The second kappa shape index (κ2) is 4.69. The summed E-state index contributed by atoms with van der Waals surface area (Å²) in [5.74, 6) is 0.762. The summed E-state index contributed by atoms with van der Waals surface area (Å²) in [5, 5.41) is 13.2. The van der Waals surface area contributed by atoms with Gasteiger partial charge in [-0.25, -0.2) is 4.98 Å². The van der Waals surface area contributed by atoms with Gasteiger partial charge in [-0.1, -0.05) is 11.8 Å². The van der Waals surface area contributed by atoms with E-state index in [-0.39, 0.29) is 6.04 Å². The molecule has 0 bridgehead atoms. The third-order valence-electron chi connectivity index (χ3n) is 2.33. The highest BCUT2D eigenvalue weighted by atomic mass is 32.2. The third-order valence-corrected chi connectivity index (χ3v) is 3.48. The molecule has 1 aliphatic carbocycles. The molecule has 1 atom stereocenters. The van der Waals surface area contributed by atoms with Crippen molar-refractivity contribution in [3.05, 3.63) is 12.4 Å². The van der Waals surface area contributed by atoms with Crippen molar-refractivity contribution >= 4 is 11.8 Å². The first-order valence-electron chi connectivity index (χ1n) is 5.05. The fourth-order valence-electron chi connectivity index (χ4n) is 1.31. The van der Waals surface area contributed by atoms with Gasteiger partial charge in [-0.15, -0.1) is 0 Å². The Bertz CT molecular complexity index is 364. The second-order valence-corrected chi connectivity index (χ2v) is 4.74. The Morgan fingerprint density at radius 2 is 2.60 bits per heavy atom. The van der Waals surface area contributed by atoms with E-state index in [1.54, 1.807) is 18.0 Å². The number of rotatable bonds is 5. The summed E-state index contributed by atoms with van der Waals surface area (Å²) in [7, 11) is 1.96. The maximum absolute atomic E-state index is 8.95. The van der Waals surface area contributed by atoms with Gasteiger partial charge in [0.2, 0.25) is 0 Å². The molecule has 2 rings (SSSR count). The molecule has 1 N–H and O–H groups in total. The molecular formula is C10H14N4S. The van der Waals surface area contributed by atoms with Crippen LogP contribution >= 0.6 is 11.8 Å². The Kier molecular flexibility index (Phi) is 3.29. The van der Waals surface area contributed by atoms with Crippen molar-refractivity contribution in [2.75, 3.05) is 5.75 Å². The Hall–Kier alpha value is -0.990. The van der Waals surface area contributed by atoms with Crippen molar-refractivity contribution in [2.45, 2.75) is 30.1 Å². The van der Waals surface area contributed by atoms with Crippen LogP contribution in [0.3, 0.4) is 0 Å². The van der Waals surface area contributed by atoms with Crippen LogP contribution < -0.4 is 5.32 Å². The number of aromatic nitrogens is 2. The van der Waals surface area contributed by atoms with Gasteiger partial charge < -0.3 is 4.57 Å². The lowest BCUT2D eigenvalue weighted by Crippen LogP contribution is -2.31. The zero-order valence-corrected chi connectivity index (χ0v) is 9.50. The highest BCUT2D eigenvalue weighted by Gasteiger charge is 2.24. The molecule has 0 spiro atoms. The molecule has 1 aliphatic rings. The van der Waals surface area contributed by atoms with E-state index >= 15 is 0 Å². The lowest BCUT2D eigenvalue weighted by Gasteiger charge is -2.09. The molecule has 0 aromatic carbocycles. The van der Waals surface area contributed by atoms with Gasteiger partial charge in [0, 0.05) is 31.2 Å². The molecule has 1 saturated carbocycles. The molecule has 0 amide bonds. The third kappa shape index (κ3) is 2.98. The van der Waals surface area contributed by atoms with E-state index < -0.39 is 0 Å². The van der Waals surface area contributed by atoms with Gasteiger partial charge in [0.25, 0.3) is 0 Å². The summed E-state index contributed by atoms with van der Waals surface area (Å²) < 4.78 is 1.97. The van der Waals surface area contributed by atoms with Crippen LogP contribution in [0.1, 0.15) is 12.8 Å². The van der Waals surface area contributed by atoms with E-state index in [9.17, 15) is 0 Å². The summed E-state index contributed by atoms with van der Waals surface area (Å²) in [6.07, 6.45) is 6.12. The number of hydrogen-bond acceptors (Lipinski definition) is 4. The normalized spacial score (nSPS) is 17.3. The molecule has 1 heterocycles. The van der Waals surface area contributed by atoms with Gasteiger partial charge in [0.15, 0.2) is 5.16 Å². The van der Waals surface area contributed by atoms with E-state index in [1.807, 2.05) is 17.8 Å². The average molecular weight is 222 g/mol. The van der Waals surface area contributed by atoms with Crippen LogP contribution in [0.4, 0.5) is 0 Å². The topological polar surface area (TPSA) is 53.6 Å². The first-order valence-corrected chi connectivity index (χ1v) is 6.04.